The Kier molecular flexibility index (Phi) is 5.07. The Bertz CT molecular complexity index is 481. The summed E-state index contributed by atoms with van der Waals surface area (Å²) in [4.78, 5) is 0. The van der Waals surface area contributed by atoms with Crippen LogP contribution in [0.1, 0.15) is 5.56 Å². The summed E-state index contributed by atoms with van der Waals surface area (Å²) in [6, 6.07) is 1.61. The molecule has 0 saturated carbocycles. The predicted octanol–water partition coefficient (Wildman–Crippen LogP) is 1.57. The van der Waals surface area contributed by atoms with E-state index in [0.717, 1.165) is 5.56 Å². The zero-order chi connectivity index (χ0) is 12.9. The lowest BCUT2D eigenvalue weighted by Crippen LogP contribution is -2.30. The van der Waals surface area contributed by atoms with Gasteiger partial charge in [0.2, 0.25) is 0 Å². The van der Waals surface area contributed by atoms with Gasteiger partial charge in [-0.25, -0.2) is 8.42 Å². The molecule has 0 saturated heterocycles. The molecule has 6 heteroatoms. The maximum absolute atomic E-state index is 12.2. The third kappa shape index (κ3) is 3.26. The first-order valence-corrected chi connectivity index (χ1v) is 7.37. The zero-order valence-electron chi connectivity index (χ0n) is 9.50. The molecular formula is C11H16N2O2S2. The van der Waals surface area contributed by atoms with Gasteiger partial charge in [0.05, 0.1) is 0 Å². The van der Waals surface area contributed by atoms with E-state index in [0.29, 0.717) is 10.8 Å². The smallest absolute Gasteiger partial charge is 0.253 e. The lowest BCUT2D eigenvalue weighted by molar-refractivity contribution is 0.476. The topological polar surface area (TPSA) is 63.4 Å². The highest BCUT2D eigenvalue weighted by Gasteiger charge is 2.23. The van der Waals surface area contributed by atoms with Crippen molar-refractivity contribution in [3.63, 3.8) is 0 Å². The van der Waals surface area contributed by atoms with Gasteiger partial charge in [0, 0.05) is 19.6 Å². The Labute approximate surface area is 106 Å². The van der Waals surface area contributed by atoms with Crippen molar-refractivity contribution in [3.8, 4) is 0 Å². The molecule has 0 fully saturated rings. The Hall–Kier alpha value is -0.950. The summed E-state index contributed by atoms with van der Waals surface area (Å²) in [5.74, 6) is 0. The standard InChI is InChI=1S/C11H16N2O2S2/c1-3-5-13(6-4-2)17(14,15)11-7-10(8-12)9-16-11/h3-4,7,9H,1-2,5-6,8,12H2. The summed E-state index contributed by atoms with van der Waals surface area (Å²) in [6.07, 6.45) is 3.11. The molecule has 0 amide bonds. The number of thiophene rings is 1. The van der Waals surface area contributed by atoms with E-state index in [2.05, 4.69) is 13.2 Å². The van der Waals surface area contributed by atoms with Crippen LogP contribution >= 0.6 is 11.3 Å². The van der Waals surface area contributed by atoms with E-state index >= 15 is 0 Å². The van der Waals surface area contributed by atoms with Crippen LogP contribution in [-0.2, 0) is 16.6 Å². The van der Waals surface area contributed by atoms with E-state index in [1.165, 1.54) is 15.6 Å². The van der Waals surface area contributed by atoms with Crippen molar-refractivity contribution < 1.29 is 8.42 Å². The molecular weight excluding hydrogens is 256 g/mol. The second-order valence-electron chi connectivity index (χ2n) is 3.38. The number of nitrogens with zero attached hydrogens (tertiary/aromatic N) is 1. The van der Waals surface area contributed by atoms with Gasteiger partial charge in [-0.05, 0) is 17.0 Å². The van der Waals surface area contributed by atoms with Gasteiger partial charge >= 0.3 is 0 Å². The number of nitrogens with two attached hydrogens (primary N) is 1. The van der Waals surface area contributed by atoms with E-state index in [1.54, 1.807) is 23.6 Å². The van der Waals surface area contributed by atoms with Crippen molar-refractivity contribution >= 4 is 21.4 Å². The fourth-order valence-electron chi connectivity index (χ4n) is 1.28. The number of hydrogen-bond acceptors (Lipinski definition) is 4. The molecule has 0 aliphatic carbocycles. The maximum Gasteiger partial charge on any atom is 0.253 e. The summed E-state index contributed by atoms with van der Waals surface area (Å²) in [7, 11) is -3.46. The summed E-state index contributed by atoms with van der Waals surface area (Å²) in [6.45, 7) is 7.99. The van der Waals surface area contributed by atoms with Crippen LogP contribution < -0.4 is 5.73 Å². The lowest BCUT2D eigenvalue weighted by Gasteiger charge is -2.17. The minimum absolute atomic E-state index is 0.268. The Morgan fingerprint density at radius 3 is 2.35 bits per heavy atom. The molecule has 0 radical (unpaired) electrons. The van der Waals surface area contributed by atoms with Gasteiger partial charge in [0.15, 0.2) is 0 Å². The second kappa shape index (κ2) is 6.11. The van der Waals surface area contributed by atoms with Crippen LogP contribution in [0.4, 0.5) is 0 Å². The quantitative estimate of drug-likeness (QED) is 0.766. The molecule has 0 aliphatic heterocycles. The van der Waals surface area contributed by atoms with Crippen LogP contribution in [0.5, 0.6) is 0 Å². The molecule has 1 aromatic rings. The molecule has 0 aromatic carbocycles. The van der Waals surface area contributed by atoms with Crippen LogP contribution in [0.15, 0.2) is 41.0 Å². The monoisotopic (exact) mass is 272 g/mol. The second-order valence-corrected chi connectivity index (χ2v) is 6.45. The van der Waals surface area contributed by atoms with Crippen molar-refractivity contribution in [2.75, 3.05) is 13.1 Å². The zero-order valence-corrected chi connectivity index (χ0v) is 11.1. The van der Waals surface area contributed by atoms with Gasteiger partial charge in [0.25, 0.3) is 10.0 Å². The van der Waals surface area contributed by atoms with Crippen molar-refractivity contribution in [3.05, 3.63) is 42.3 Å². The molecule has 4 nitrogen and oxygen atoms in total. The van der Waals surface area contributed by atoms with Crippen LogP contribution in [0.25, 0.3) is 0 Å². The molecule has 0 unspecified atom stereocenters. The normalized spacial score (nSPS) is 11.6. The summed E-state index contributed by atoms with van der Waals surface area (Å²) < 4.78 is 26.1. The molecule has 0 atom stereocenters. The van der Waals surface area contributed by atoms with Crippen molar-refractivity contribution in [2.24, 2.45) is 5.73 Å². The average Bonchev–Trinajstić information content (AvgIpc) is 2.78. The molecule has 1 rings (SSSR count). The minimum Gasteiger partial charge on any atom is -0.326 e. The first-order valence-electron chi connectivity index (χ1n) is 5.05. The van der Waals surface area contributed by atoms with Gasteiger partial charge in [-0.3, -0.25) is 0 Å². The molecule has 1 aromatic heterocycles. The Morgan fingerprint density at radius 2 is 1.94 bits per heavy atom. The fourth-order valence-corrected chi connectivity index (χ4v) is 4.04. The van der Waals surface area contributed by atoms with Gasteiger partial charge in [0.1, 0.15) is 4.21 Å². The number of hydrogen-bond donors (Lipinski definition) is 1. The molecule has 94 valence electrons. The highest BCUT2D eigenvalue weighted by molar-refractivity contribution is 7.91. The lowest BCUT2D eigenvalue weighted by atomic mass is 10.4. The van der Waals surface area contributed by atoms with E-state index in [9.17, 15) is 8.42 Å². The average molecular weight is 272 g/mol. The SMILES string of the molecule is C=CCN(CC=C)S(=O)(=O)c1cc(CN)cs1. The van der Waals surface area contributed by atoms with E-state index in [-0.39, 0.29) is 13.1 Å². The Morgan fingerprint density at radius 1 is 1.35 bits per heavy atom. The number of rotatable bonds is 7. The minimum atomic E-state index is -3.46. The highest BCUT2D eigenvalue weighted by Crippen LogP contribution is 2.23. The molecule has 0 bridgehead atoms. The molecule has 0 aliphatic rings. The van der Waals surface area contributed by atoms with E-state index in [4.69, 9.17) is 5.73 Å². The third-order valence-electron chi connectivity index (χ3n) is 2.13. The van der Waals surface area contributed by atoms with Crippen molar-refractivity contribution in [1.29, 1.82) is 0 Å². The van der Waals surface area contributed by atoms with Crippen LogP contribution in [0, 0.1) is 0 Å². The first-order chi connectivity index (χ1) is 8.06. The molecule has 1 heterocycles. The van der Waals surface area contributed by atoms with Gasteiger partial charge in [-0.2, -0.15) is 4.31 Å². The fraction of sp³-hybridized carbons (Fsp3) is 0.273. The number of sulfonamides is 1. The molecule has 2 N–H and O–H groups in total. The molecule has 17 heavy (non-hydrogen) atoms. The van der Waals surface area contributed by atoms with Crippen LogP contribution in [-0.4, -0.2) is 25.8 Å². The third-order valence-corrected chi connectivity index (χ3v) is 5.42. The molecule has 0 spiro atoms. The first kappa shape index (κ1) is 14.1. The van der Waals surface area contributed by atoms with Gasteiger partial charge in [-0.15, -0.1) is 24.5 Å². The maximum atomic E-state index is 12.2. The summed E-state index contributed by atoms with van der Waals surface area (Å²) in [5.41, 5.74) is 6.29. The van der Waals surface area contributed by atoms with Gasteiger partial charge in [-0.1, -0.05) is 12.2 Å². The van der Waals surface area contributed by atoms with Crippen LogP contribution in [0.2, 0.25) is 0 Å². The van der Waals surface area contributed by atoms with Crippen molar-refractivity contribution in [2.45, 2.75) is 10.8 Å². The Balaban J connectivity index is 3.05. The van der Waals surface area contributed by atoms with Crippen molar-refractivity contribution in [1.82, 2.24) is 4.31 Å². The summed E-state index contributed by atoms with van der Waals surface area (Å²) >= 11 is 1.18. The largest absolute Gasteiger partial charge is 0.326 e. The van der Waals surface area contributed by atoms with E-state index in [1.807, 2.05) is 0 Å². The highest BCUT2D eigenvalue weighted by atomic mass is 32.2. The van der Waals surface area contributed by atoms with E-state index < -0.39 is 10.0 Å². The predicted molar refractivity (Wildman–Crippen MR) is 71.4 cm³/mol. The van der Waals surface area contributed by atoms with Crippen LogP contribution in [0.3, 0.4) is 0 Å². The van der Waals surface area contributed by atoms with Gasteiger partial charge < -0.3 is 5.73 Å². The summed E-state index contributed by atoms with van der Waals surface area (Å²) in [5, 5.41) is 1.76.